The Kier molecular flexibility index (Phi) is 4.18. The van der Waals surface area contributed by atoms with E-state index >= 15 is 0 Å². The number of anilines is 2. The monoisotopic (exact) mass is 363 g/mol. The van der Waals surface area contributed by atoms with Gasteiger partial charge in [0.15, 0.2) is 0 Å². The number of carbonyl (C=O) groups excluding carboxylic acids is 1. The van der Waals surface area contributed by atoms with Crippen LogP contribution >= 0.6 is 11.3 Å². The second-order valence-electron chi connectivity index (χ2n) is 5.81. The molecule has 3 heterocycles. The van der Waals surface area contributed by atoms with Crippen molar-refractivity contribution >= 4 is 34.5 Å². The Morgan fingerprint density at radius 3 is 2.73 bits per heavy atom. The van der Waals surface area contributed by atoms with Crippen LogP contribution in [0.15, 0.2) is 60.0 Å². The number of ether oxygens (including phenoxy) is 1. The van der Waals surface area contributed by atoms with Gasteiger partial charge in [-0.25, -0.2) is 9.78 Å². The summed E-state index contributed by atoms with van der Waals surface area (Å²) in [5, 5.41) is 5.44. The van der Waals surface area contributed by atoms with Crippen molar-refractivity contribution in [3.05, 3.63) is 71.2 Å². The lowest BCUT2D eigenvalue weighted by atomic mass is 10.1. The van der Waals surface area contributed by atoms with Gasteiger partial charge in [-0.2, -0.15) is 0 Å². The number of para-hydroxylation sites is 1. The van der Waals surface area contributed by atoms with Crippen molar-refractivity contribution in [1.29, 1.82) is 0 Å². The number of rotatable bonds is 4. The van der Waals surface area contributed by atoms with Gasteiger partial charge < -0.3 is 10.1 Å². The molecule has 5 nitrogen and oxygen atoms in total. The third kappa shape index (κ3) is 2.74. The Morgan fingerprint density at radius 1 is 1.12 bits per heavy atom. The van der Waals surface area contributed by atoms with E-state index in [2.05, 4.69) is 9.72 Å². The fourth-order valence-electron chi connectivity index (χ4n) is 2.96. The summed E-state index contributed by atoms with van der Waals surface area (Å²) in [6.07, 6.45) is 0. The molecule has 0 radical (unpaired) electrons. The van der Waals surface area contributed by atoms with Gasteiger partial charge >= 0.3 is 5.97 Å². The number of hydrogen-bond acceptors (Lipinski definition) is 5. The fraction of sp³-hybridized carbons (Fsp3) is 0.100. The summed E-state index contributed by atoms with van der Waals surface area (Å²) in [5.41, 5.74) is 3.93. The molecule has 4 aromatic rings. The topological polar surface area (TPSA) is 55.6 Å². The summed E-state index contributed by atoms with van der Waals surface area (Å²) < 4.78 is 6.97. The van der Waals surface area contributed by atoms with E-state index in [1.165, 1.54) is 7.11 Å². The predicted octanol–water partition coefficient (Wildman–Crippen LogP) is 4.90. The molecule has 0 saturated carbocycles. The van der Waals surface area contributed by atoms with Crippen LogP contribution in [0.5, 0.6) is 0 Å². The molecule has 6 heteroatoms. The Bertz CT molecular complexity index is 1080. The van der Waals surface area contributed by atoms with Gasteiger partial charge in [-0.3, -0.25) is 4.40 Å². The lowest BCUT2D eigenvalue weighted by Crippen LogP contribution is -2.07. The van der Waals surface area contributed by atoms with E-state index in [-0.39, 0.29) is 5.97 Å². The Hall–Kier alpha value is -3.12. The minimum atomic E-state index is -0.378. The molecule has 0 spiro atoms. The number of imidazole rings is 1. The number of fused-ring (bicyclic) bond motifs is 1. The first-order valence-corrected chi connectivity index (χ1v) is 9.03. The van der Waals surface area contributed by atoms with Crippen molar-refractivity contribution in [2.75, 3.05) is 12.4 Å². The van der Waals surface area contributed by atoms with Crippen LogP contribution in [0.25, 0.3) is 16.2 Å². The summed E-state index contributed by atoms with van der Waals surface area (Å²) in [6, 6.07) is 17.3. The van der Waals surface area contributed by atoms with Crippen LogP contribution in [0.4, 0.5) is 11.5 Å². The van der Waals surface area contributed by atoms with Gasteiger partial charge in [-0.15, -0.1) is 11.3 Å². The molecule has 1 N–H and O–H groups in total. The summed E-state index contributed by atoms with van der Waals surface area (Å²) >= 11 is 1.63. The van der Waals surface area contributed by atoms with Crippen LogP contribution in [-0.4, -0.2) is 22.5 Å². The quantitative estimate of drug-likeness (QED) is 0.524. The zero-order valence-corrected chi connectivity index (χ0v) is 15.2. The van der Waals surface area contributed by atoms with E-state index in [4.69, 9.17) is 9.72 Å². The number of nitrogens with zero attached hydrogens (tertiary/aromatic N) is 2. The summed E-state index contributed by atoms with van der Waals surface area (Å²) in [6.45, 7) is 2.03. The highest BCUT2D eigenvalue weighted by Crippen LogP contribution is 2.35. The van der Waals surface area contributed by atoms with Crippen molar-refractivity contribution in [2.24, 2.45) is 0 Å². The standard InChI is InChI=1S/C20H17N3O2S/c1-13-7-5-11-17-22-18(16-10-6-12-26-16)19(23(13)17)21-15-9-4-3-8-14(15)20(24)25-2/h3-12,21H,1-2H3. The van der Waals surface area contributed by atoms with Gasteiger partial charge in [0.1, 0.15) is 17.2 Å². The van der Waals surface area contributed by atoms with E-state index in [1.54, 1.807) is 17.4 Å². The number of aromatic nitrogens is 2. The molecule has 130 valence electrons. The number of methoxy groups -OCH3 is 1. The van der Waals surface area contributed by atoms with Gasteiger partial charge in [-0.05, 0) is 42.6 Å². The molecule has 0 atom stereocenters. The van der Waals surface area contributed by atoms with Crippen LogP contribution in [0.1, 0.15) is 16.1 Å². The molecule has 4 rings (SSSR count). The van der Waals surface area contributed by atoms with E-state index < -0.39 is 0 Å². The average molecular weight is 363 g/mol. The minimum Gasteiger partial charge on any atom is -0.465 e. The molecule has 0 saturated heterocycles. The fourth-order valence-corrected chi connectivity index (χ4v) is 3.68. The van der Waals surface area contributed by atoms with E-state index in [0.29, 0.717) is 11.3 Å². The zero-order valence-electron chi connectivity index (χ0n) is 14.4. The zero-order chi connectivity index (χ0) is 18.1. The first kappa shape index (κ1) is 16.4. The minimum absolute atomic E-state index is 0.378. The van der Waals surface area contributed by atoms with Gasteiger partial charge in [0, 0.05) is 5.69 Å². The Balaban J connectivity index is 1.92. The number of aryl methyl sites for hydroxylation is 1. The average Bonchev–Trinajstić information content (AvgIpc) is 3.30. The molecule has 26 heavy (non-hydrogen) atoms. The summed E-state index contributed by atoms with van der Waals surface area (Å²) in [4.78, 5) is 18.0. The first-order valence-electron chi connectivity index (χ1n) is 8.15. The summed E-state index contributed by atoms with van der Waals surface area (Å²) in [5.74, 6) is 0.452. The van der Waals surface area contributed by atoms with Crippen molar-refractivity contribution in [2.45, 2.75) is 6.92 Å². The van der Waals surface area contributed by atoms with Crippen LogP contribution in [-0.2, 0) is 4.74 Å². The number of thiophene rings is 1. The molecule has 3 aromatic heterocycles. The van der Waals surface area contributed by atoms with Gasteiger partial charge in [0.25, 0.3) is 0 Å². The van der Waals surface area contributed by atoms with Crippen LogP contribution in [0.3, 0.4) is 0 Å². The van der Waals surface area contributed by atoms with Gasteiger partial charge in [-0.1, -0.05) is 24.3 Å². The molecule has 0 aliphatic rings. The smallest absolute Gasteiger partial charge is 0.339 e. The first-order chi connectivity index (χ1) is 12.7. The molecule has 0 amide bonds. The third-order valence-corrected chi connectivity index (χ3v) is 5.06. The second-order valence-corrected chi connectivity index (χ2v) is 6.76. The van der Waals surface area contributed by atoms with Crippen molar-refractivity contribution in [1.82, 2.24) is 9.38 Å². The largest absolute Gasteiger partial charge is 0.465 e. The SMILES string of the molecule is COC(=O)c1ccccc1Nc1c(-c2cccs2)nc2cccc(C)n12. The highest BCUT2D eigenvalue weighted by atomic mass is 32.1. The van der Waals surface area contributed by atoms with Gasteiger partial charge in [0.2, 0.25) is 0 Å². The maximum absolute atomic E-state index is 12.1. The van der Waals surface area contributed by atoms with E-state index in [0.717, 1.165) is 27.7 Å². The number of esters is 1. The molecular formula is C20H17N3O2S. The van der Waals surface area contributed by atoms with Crippen molar-refractivity contribution in [3.63, 3.8) is 0 Å². The van der Waals surface area contributed by atoms with Crippen LogP contribution in [0.2, 0.25) is 0 Å². The highest BCUT2D eigenvalue weighted by molar-refractivity contribution is 7.13. The number of nitrogens with one attached hydrogen (secondary N) is 1. The maximum Gasteiger partial charge on any atom is 0.339 e. The van der Waals surface area contributed by atoms with E-state index in [1.807, 2.05) is 60.8 Å². The lowest BCUT2D eigenvalue weighted by molar-refractivity contribution is 0.0602. The predicted molar refractivity (Wildman–Crippen MR) is 104 cm³/mol. The third-order valence-electron chi connectivity index (χ3n) is 4.18. The molecule has 0 aliphatic heterocycles. The number of carbonyl (C=O) groups is 1. The van der Waals surface area contributed by atoms with Crippen molar-refractivity contribution in [3.8, 4) is 10.6 Å². The van der Waals surface area contributed by atoms with E-state index in [9.17, 15) is 4.79 Å². The van der Waals surface area contributed by atoms with Crippen LogP contribution < -0.4 is 5.32 Å². The lowest BCUT2D eigenvalue weighted by Gasteiger charge is -2.13. The van der Waals surface area contributed by atoms with Crippen molar-refractivity contribution < 1.29 is 9.53 Å². The molecule has 0 aliphatic carbocycles. The van der Waals surface area contributed by atoms with Crippen LogP contribution in [0, 0.1) is 6.92 Å². The Labute approximate surface area is 154 Å². The normalized spacial score (nSPS) is 10.8. The maximum atomic E-state index is 12.1. The molecule has 0 bridgehead atoms. The van der Waals surface area contributed by atoms with Gasteiger partial charge in [0.05, 0.1) is 23.2 Å². The number of benzene rings is 1. The second kappa shape index (κ2) is 6.65. The molecule has 0 fully saturated rings. The molecule has 0 unspecified atom stereocenters. The summed E-state index contributed by atoms with van der Waals surface area (Å²) in [7, 11) is 1.38. The molecule has 1 aromatic carbocycles. The number of hydrogen-bond donors (Lipinski definition) is 1. The number of pyridine rings is 1. The Morgan fingerprint density at radius 2 is 1.96 bits per heavy atom. The highest BCUT2D eigenvalue weighted by Gasteiger charge is 2.19. The molecular weight excluding hydrogens is 346 g/mol.